The molecule has 0 bridgehead atoms. The minimum absolute atomic E-state index is 0.313. The molecule has 5 aromatic heterocycles. The summed E-state index contributed by atoms with van der Waals surface area (Å²) in [6.07, 6.45) is 9.58. The fourth-order valence-corrected chi connectivity index (χ4v) is 3.73. The quantitative estimate of drug-likeness (QED) is 0.408. The van der Waals surface area contributed by atoms with E-state index in [1.54, 1.807) is 24.9 Å². The first-order valence-corrected chi connectivity index (χ1v) is 9.44. The Morgan fingerprint density at radius 2 is 2.20 bits per heavy atom. The van der Waals surface area contributed by atoms with Gasteiger partial charge in [0.2, 0.25) is 0 Å². The molecule has 0 aliphatic rings. The van der Waals surface area contributed by atoms with Crippen LogP contribution in [-0.4, -0.2) is 40.1 Å². The fourth-order valence-electron chi connectivity index (χ4n) is 3.47. The summed E-state index contributed by atoms with van der Waals surface area (Å²) in [5.41, 5.74) is 10.1. The van der Waals surface area contributed by atoms with Gasteiger partial charge in [-0.1, -0.05) is 11.6 Å². The predicted octanol–water partition coefficient (Wildman–Crippen LogP) is 2.49. The number of hydrogen-bond donors (Lipinski definition) is 3. The Balaban J connectivity index is 1.55. The third-order valence-corrected chi connectivity index (χ3v) is 5.17. The second-order valence-corrected chi connectivity index (χ2v) is 7.23. The maximum absolute atomic E-state index is 13.0. The molecular weight excluding hydrogens is 406 g/mol. The molecule has 0 aliphatic heterocycles. The zero-order chi connectivity index (χ0) is 20.8. The molecule has 4 N–H and O–H groups in total. The summed E-state index contributed by atoms with van der Waals surface area (Å²) >= 11 is 6.48. The Kier molecular flexibility index (Phi) is 4.14. The van der Waals surface area contributed by atoms with Crippen molar-refractivity contribution >= 4 is 34.4 Å². The average Bonchev–Trinajstić information content (AvgIpc) is 3.47. The highest BCUT2D eigenvalue weighted by atomic mass is 35.5. The van der Waals surface area contributed by atoms with Crippen LogP contribution < -0.4 is 11.1 Å². The Bertz CT molecular complexity index is 1390. The predicted molar refractivity (Wildman–Crippen MR) is 111 cm³/mol. The van der Waals surface area contributed by atoms with Crippen LogP contribution in [0, 0.1) is 0 Å². The van der Waals surface area contributed by atoms with Gasteiger partial charge in [-0.15, -0.1) is 0 Å². The molecule has 30 heavy (non-hydrogen) atoms. The number of anilines is 1. The molecule has 0 saturated carbocycles. The second-order valence-electron chi connectivity index (χ2n) is 6.82. The molecule has 150 valence electrons. The van der Waals surface area contributed by atoms with E-state index >= 15 is 0 Å². The molecule has 5 heterocycles. The topological polar surface area (TPSA) is 131 Å². The Labute approximate surface area is 174 Å². The summed E-state index contributed by atoms with van der Waals surface area (Å²) in [4.78, 5) is 21.4. The molecule has 0 aromatic carbocycles. The molecule has 0 saturated heterocycles. The van der Waals surface area contributed by atoms with Crippen LogP contribution in [0.15, 0.2) is 49.4 Å². The number of carbonyl (C=O) groups excluding carboxylic acids is 1. The summed E-state index contributed by atoms with van der Waals surface area (Å²) in [5, 5.41) is 14.7. The molecule has 5 aromatic rings. The number of rotatable bonds is 4. The van der Waals surface area contributed by atoms with Crippen molar-refractivity contribution in [3.63, 3.8) is 0 Å². The van der Waals surface area contributed by atoms with E-state index in [1.165, 1.54) is 16.9 Å². The Hall–Kier alpha value is -3.92. The van der Waals surface area contributed by atoms with E-state index < -0.39 is 0 Å². The number of H-pyrrole nitrogens is 1. The van der Waals surface area contributed by atoms with Crippen LogP contribution in [0.2, 0.25) is 5.02 Å². The van der Waals surface area contributed by atoms with E-state index in [0.29, 0.717) is 21.9 Å². The molecule has 5 rings (SSSR count). The number of nitrogen functional groups attached to an aromatic ring is 1. The van der Waals surface area contributed by atoms with Crippen molar-refractivity contribution in [1.82, 2.24) is 39.5 Å². The number of amides is 1. The third kappa shape index (κ3) is 2.85. The van der Waals surface area contributed by atoms with Crippen molar-refractivity contribution in [3.8, 4) is 11.4 Å². The molecule has 0 fully saturated rings. The maximum atomic E-state index is 13.0. The van der Waals surface area contributed by atoms with Gasteiger partial charge in [0.25, 0.3) is 5.91 Å². The molecule has 1 atom stereocenters. The molecule has 10 nitrogen and oxygen atoms in total. The van der Waals surface area contributed by atoms with Gasteiger partial charge in [0.05, 0.1) is 64.8 Å². The zero-order valence-electron chi connectivity index (χ0n) is 15.7. The largest absolute Gasteiger partial charge is 0.396 e. The lowest BCUT2D eigenvalue weighted by Gasteiger charge is -2.19. The van der Waals surface area contributed by atoms with Gasteiger partial charge in [-0.25, -0.2) is 14.5 Å². The van der Waals surface area contributed by atoms with Crippen molar-refractivity contribution in [3.05, 3.63) is 65.6 Å². The number of nitrogens with one attached hydrogen (secondary N) is 2. The van der Waals surface area contributed by atoms with Crippen LogP contribution in [0.4, 0.5) is 5.69 Å². The van der Waals surface area contributed by atoms with E-state index in [9.17, 15) is 4.79 Å². The number of nitrogens with two attached hydrogens (primary N) is 1. The van der Waals surface area contributed by atoms with Crippen LogP contribution in [0.25, 0.3) is 22.6 Å². The SMILES string of the molecule is CC(NC(=O)c1cnn2cc(N)cnc12)c1cc(Cl)c2cncn2c1-c1ccn[nH]1. The first-order valence-electron chi connectivity index (χ1n) is 9.07. The van der Waals surface area contributed by atoms with E-state index in [1.807, 2.05) is 23.5 Å². The molecular formula is C19H16ClN9O. The summed E-state index contributed by atoms with van der Waals surface area (Å²) in [7, 11) is 0. The molecule has 0 aliphatic carbocycles. The van der Waals surface area contributed by atoms with Crippen molar-refractivity contribution in [1.29, 1.82) is 0 Å². The Morgan fingerprint density at radius 1 is 1.33 bits per heavy atom. The summed E-state index contributed by atoms with van der Waals surface area (Å²) in [6, 6.07) is 3.29. The summed E-state index contributed by atoms with van der Waals surface area (Å²) in [6.45, 7) is 1.88. The number of aromatic nitrogens is 7. The second kappa shape index (κ2) is 6.85. The standard InChI is InChI=1S/C19H16ClN9O/c1-10(26-19(30)13-6-25-29-8-11(21)5-23-18(13)29)12-4-14(20)16-7-22-9-28(16)17(12)15-2-3-24-27-15/h2-10H,21H2,1H3,(H,24,27)(H,26,30). The zero-order valence-corrected chi connectivity index (χ0v) is 16.5. The van der Waals surface area contributed by atoms with E-state index in [2.05, 4.69) is 30.6 Å². The summed E-state index contributed by atoms with van der Waals surface area (Å²) in [5.74, 6) is -0.313. The minimum Gasteiger partial charge on any atom is -0.396 e. The van der Waals surface area contributed by atoms with Crippen LogP contribution in [-0.2, 0) is 0 Å². The first-order chi connectivity index (χ1) is 14.5. The van der Waals surface area contributed by atoms with Gasteiger partial charge >= 0.3 is 0 Å². The van der Waals surface area contributed by atoms with Gasteiger partial charge in [0.15, 0.2) is 5.65 Å². The minimum atomic E-state index is -0.385. The van der Waals surface area contributed by atoms with Crippen molar-refractivity contribution in [2.24, 2.45) is 0 Å². The first kappa shape index (κ1) is 18.1. The highest BCUT2D eigenvalue weighted by Gasteiger charge is 2.22. The average molecular weight is 422 g/mol. The molecule has 0 spiro atoms. The number of pyridine rings is 1. The smallest absolute Gasteiger partial charge is 0.257 e. The van der Waals surface area contributed by atoms with Crippen molar-refractivity contribution < 1.29 is 4.79 Å². The van der Waals surface area contributed by atoms with Gasteiger partial charge < -0.3 is 11.1 Å². The number of nitrogens with zero attached hydrogens (tertiary/aromatic N) is 6. The van der Waals surface area contributed by atoms with Crippen LogP contribution in [0.3, 0.4) is 0 Å². The number of fused-ring (bicyclic) bond motifs is 2. The number of carbonyl (C=O) groups is 1. The molecule has 11 heteroatoms. The number of aromatic amines is 1. The third-order valence-electron chi connectivity index (χ3n) is 4.87. The number of halogens is 1. The van der Waals surface area contributed by atoms with Crippen LogP contribution in [0.5, 0.6) is 0 Å². The lowest BCUT2D eigenvalue weighted by atomic mass is 10.0. The van der Waals surface area contributed by atoms with Gasteiger partial charge in [0, 0.05) is 11.8 Å². The van der Waals surface area contributed by atoms with E-state index in [0.717, 1.165) is 22.5 Å². The lowest BCUT2D eigenvalue weighted by molar-refractivity contribution is 0.0941. The van der Waals surface area contributed by atoms with E-state index in [-0.39, 0.29) is 11.9 Å². The van der Waals surface area contributed by atoms with Gasteiger partial charge in [-0.2, -0.15) is 10.2 Å². The molecule has 1 amide bonds. The maximum Gasteiger partial charge on any atom is 0.257 e. The van der Waals surface area contributed by atoms with Gasteiger partial charge in [-0.05, 0) is 19.1 Å². The highest BCUT2D eigenvalue weighted by molar-refractivity contribution is 6.34. The number of hydrogen-bond acceptors (Lipinski definition) is 6. The van der Waals surface area contributed by atoms with Crippen molar-refractivity contribution in [2.45, 2.75) is 13.0 Å². The van der Waals surface area contributed by atoms with Crippen LogP contribution >= 0.6 is 11.6 Å². The Morgan fingerprint density at radius 3 is 3.00 bits per heavy atom. The lowest BCUT2D eigenvalue weighted by Crippen LogP contribution is -2.27. The van der Waals surface area contributed by atoms with Crippen molar-refractivity contribution in [2.75, 3.05) is 5.73 Å². The highest BCUT2D eigenvalue weighted by Crippen LogP contribution is 2.32. The normalized spacial score (nSPS) is 12.5. The van der Waals surface area contributed by atoms with Crippen LogP contribution in [0.1, 0.15) is 28.9 Å². The number of imidazole rings is 1. The fraction of sp³-hybridized carbons (Fsp3) is 0.105. The summed E-state index contributed by atoms with van der Waals surface area (Å²) < 4.78 is 3.34. The monoisotopic (exact) mass is 421 g/mol. The van der Waals surface area contributed by atoms with E-state index in [4.69, 9.17) is 17.3 Å². The molecule has 1 unspecified atom stereocenters. The molecule has 0 radical (unpaired) electrons. The van der Waals surface area contributed by atoms with Gasteiger partial charge in [0.1, 0.15) is 5.56 Å². The van der Waals surface area contributed by atoms with Gasteiger partial charge in [-0.3, -0.25) is 14.3 Å².